The second kappa shape index (κ2) is 8.31. The van der Waals surface area contributed by atoms with Crippen LogP contribution in [0.1, 0.15) is 43.0 Å². The minimum absolute atomic E-state index is 0.0439. The van der Waals surface area contributed by atoms with Gasteiger partial charge >= 0.3 is 5.97 Å². The Bertz CT molecular complexity index is 584. The molecule has 1 aliphatic rings. The van der Waals surface area contributed by atoms with Crippen molar-refractivity contribution in [2.75, 3.05) is 13.2 Å². The highest BCUT2D eigenvalue weighted by atomic mass is 16.5. The highest BCUT2D eigenvalue weighted by molar-refractivity contribution is 5.98. The summed E-state index contributed by atoms with van der Waals surface area (Å²) in [5, 5.41) is 2.50. The fraction of sp³-hybridized carbons (Fsp3) is 0.471. The van der Waals surface area contributed by atoms with E-state index in [1.54, 1.807) is 24.3 Å². The summed E-state index contributed by atoms with van der Waals surface area (Å²) < 4.78 is 10.5. The van der Waals surface area contributed by atoms with Gasteiger partial charge in [-0.1, -0.05) is 12.1 Å². The highest BCUT2D eigenvalue weighted by Crippen LogP contribution is 2.18. The number of esters is 1. The molecule has 1 aliphatic carbocycles. The molecule has 0 spiro atoms. The van der Waals surface area contributed by atoms with E-state index in [0.29, 0.717) is 30.8 Å². The van der Waals surface area contributed by atoms with Gasteiger partial charge in [0.2, 0.25) is 0 Å². The summed E-state index contributed by atoms with van der Waals surface area (Å²) in [7, 11) is 0. The lowest BCUT2D eigenvalue weighted by atomic mass is 9.96. The summed E-state index contributed by atoms with van der Waals surface area (Å²) in [5.74, 6) is -0.602. The molecule has 1 aromatic carbocycles. The molecule has 0 radical (unpaired) electrons. The minimum atomic E-state index is -0.663. The van der Waals surface area contributed by atoms with Crippen molar-refractivity contribution < 1.29 is 23.9 Å². The van der Waals surface area contributed by atoms with Crippen LogP contribution in [0, 0.1) is 0 Å². The zero-order valence-corrected chi connectivity index (χ0v) is 13.2. The molecule has 2 rings (SSSR count). The number of Topliss-reactive ketones (excluding diaryl/α,β-unsaturated/α-hetero) is 1. The van der Waals surface area contributed by atoms with Crippen LogP contribution in [0.5, 0.6) is 5.75 Å². The van der Waals surface area contributed by atoms with Gasteiger partial charge in [-0.3, -0.25) is 14.4 Å². The van der Waals surface area contributed by atoms with Gasteiger partial charge in [0, 0.05) is 6.42 Å². The number of carbonyl (C=O) groups is 3. The fourth-order valence-corrected chi connectivity index (χ4v) is 2.46. The van der Waals surface area contributed by atoms with Gasteiger partial charge in [0.25, 0.3) is 5.91 Å². The molecule has 124 valence electrons. The Balaban J connectivity index is 1.86. The standard InChI is InChI=1S/C17H21NO5/c1-2-22-14-9-5-3-7-12(14)17(21)18-11-16(20)23-15-10-6-4-8-13(15)19/h3,5,7,9,15H,2,4,6,8,10-11H2,1H3,(H,18,21)/t15-/m0/s1. The van der Waals surface area contributed by atoms with E-state index in [0.717, 1.165) is 12.8 Å². The topological polar surface area (TPSA) is 81.7 Å². The van der Waals surface area contributed by atoms with Gasteiger partial charge in [-0.05, 0) is 38.3 Å². The van der Waals surface area contributed by atoms with Gasteiger partial charge in [0.1, 0.15) is 12.3 Å². The molecule has 1 atom stereocenters. The first kappa shape index (κ1) is 17.0. The first-order chi connectivity index (χ1) is 11.1. The Kier molecular flexibility index (Phi) is 6.14. The van der Waals surface area contributed by atoms with Gasteiger partial charge in [0.15, 0.2) is 11.9 Å². The van der Waals surface area contributed by atoms with Gasteiger partial charge in [0.05, 0.1) is 12.2 Å². The monoisotopic (exact) mass is 319 g/mol. The van der Waals surface area contributed by atoms with E-state index < -0.39 is 18.0 Å². The molecular formula is C17H21NO5. The number of carbonyl (C=O) groups excluding carboxylic acids is 3. The third-order valence-corrected chi connectivity index (χ3v) is 3.60. The Morgan fingerprint density at radius 1 is 1.26 bits per heavy atom. The van der Waals surface area contributed by atoms with E-state index in [4.69, 9.17) is 9.47 Å². The molecule has 1 aromatic rings. The van der Waals surface area contributed by atoms with Crippen molar-refractivity contribution in [2.45, 2.75) is 38.7 Å². The van der Waals surface area contributed by atoms with Crippen molar-refractivity contribution in [1.82, 2.24) is 5.32 Å². The van der Waals surface area contributed by atoms with Crippen molar-refractivity contribution in [1.29, 1.82) is 0 Å². The van der Waals surface area contributed by atoms with Crippen LogP contribution in [-0.2, 0) is 14.3 Å². The van der Waals surface area contributed by atoms with Crippen LogP contribution in [0.4, 0.5) is 0 Å². The van der Waals surface area contributed by atoms with Crippen molar-refractivity contribution in [3.63, 3.8) is 0 Å². The maximum atomic E-state index is 12.1. The molecule has 0 aromatic heterocycles. The Morgan fingerprint density at radius 2 is 2.04 bits per heavy atom. The van der Waals surface area contributed by atoms with E-state index in [2.05, 4.69) is 5.32 Å². The maximum Gasteiger partial charge on any atom is 0.326 e. The number of ketones is 1. The molecule has 6 nitrogen and oxygen atoms in total. The van der Waals surface area contributed by atoms with Crippen LogP contribution < -0.4 is 10.1 Å². The van der Waals surface area contributed by atoms with Crippen LogP contribution in [0.3, 0.4) is 0 Å². The second-order valence-corrected chi connectivity index (χ2v) is 5.30. The van der Waals surface area contributed by atoms with Gasteiger partial charge in [-0.2, -0.15) is 0 Å². The summed E-state index contributed by atoms with van der Waals surface area (Å²) in [6.45, 7) is 1.99. The lowest BCUT2D eigenvalue weighted by Gasteiger charge is -2.20. The third kappa shape index (κ3) is 4.81. The van der Waals surface area contributed by atoms with Crippen LogP contribution >= 0.6 is 0 Å². The molecule has 1 fully saturated rings. The van der Waals surface area contributed by atoms with Gasteiger partial charge < -0.3 is 14.8 Å². The molecule has 0 heterocycles. The number of benzene rings is 1. The molecular weight excluding hydrogens is 298 g/mol. The summed E-state index contributed by atoms with van der Waals surface area (Å²) in [6, 6.07) is 6.80. The smallest absolute Gasteiger partial charge is 0.326 e. The maximum absolute atomic E-state index is 12.1. The molecule has 6 heteroatoms. The number of rotatable bonds is 6. The third-order valence-electron chi connectivity index (χ3n) is 3.60. The average Bonchev–Trinajstić information content (AvgIpc) is 2.55. The predicted molar refractivity (Wildman–Crippen MR) is 83.3 cm³/mol. The summed E-state index contributed by atoms with van der Waals surface area (Å²) in [4.78, 5) is 35.5. The predicted octanol–water partition coefficient (Wildman–Crippen LogP) is 1.87. The zero-order valence-electron chi connectivity index (χ0n) is 13.2. The highest BCUT2D eigenvalue weighted by Gasteiger charge is 2.25. The Hall–Kier alpha value is -2.37. The number of amides is 1. The Labute approximate surface area is 135 Å². The van der Waals surface area contributed by atoms with Crippen LogP contribution in [0.2, 0.25) is 0 Å². The van der Waals surface area contributed by atoms with Crippen molar-refractivity contribution in [3.8, 4) is 5.75 Å². The summed E-state index contributed by atoms with van der Waals surface area (Å²) in [5.41, 5.74) is 0.357. The van der Waals surface area contributed by atoms with Crippen molar-refractivity contribution in [2.24, 2.45) is 0 Å². The quantitative estimate of drug-likeness (QED) is 0.810. The largest absolute Gasteiger partial charge is 0.493 e. The van der Waals surface area contributed by atoms with E-state index in [9.17, 15) is 14.4 Å². The summed E-state index contributed by atoms with van der Waals surface area (Å²) >= 11 is 0. The number of hydrogen-bond acceptors (Lipinski definition) is 5. The van der Waals surface area contributed by atoms with Crippen molar-refractivity contribution >= 4 is 17.7 Å². The SMILES string of the molecule is CCOc1ccccc1C(=O)NCC(=O)O[C@H]1CCCCC1=O. The van der Waals surface area contributed by atoms with E-state index in [1.807, 2.05) is 6.92 Å². The molecule has 0 aliphatic heterocycles. The minimum Gasteiger partial charge on any atom is -0.493 e. The zero-order chi connectivity index (χ0) is 16.7. The number of nitrogens with one attached hydrogen (secondary N) is 1. The van der Waals surface area contributed by atoms with Crippen molar-refractivity contribution in [3.05, 3.63) is 29.8 Å². The Morgan fingerprint density at radius 3 is 2.78 bits per heavy atom. The lowest BCUT2D eigenvalue weighted by Crippen LogP contribution is -2.36. The number of para-hydroxylation sites is 1. The summed E-state index contributed by atoms with van der Waals surface area (Å²) in [6.07, 6.45) is 2.07. The van der Waals surface area contributed by atoms with Gasteiger partial charge in [-0.15, -0.1) is 0 Å². The normalized spacial score (nSPS) is 17.4. The first-order valence-corrected chi connectivity index (χ1v) is 7.84. The molecule has 1 saturated carbocycles. The molecule has 0 bridgehead atoms. The number of hydrogen-bond donors (Lipinski definition) is 1. The van der Waals surface area contributed by atoms with E-state index in [1.165, 1.54) is 0 Å². The molecule has 0 saturated heterocycles. The lowest BCUT2D eigenvalue weighted by molar-refractivity contribution is -0.155. The first-order valence-electron chi connectivity index (χ1n) is 7.84. The van der Waals surface area contributed by atoms with Gasteiger partial charge in [-0.25, -0.2) is 0 Å². The fourth-order valence-electron chi connectivity index (χ4n) is 2.46. The number of ether oxygens (including phenoxy) is 2. The van der Waals surface area contributed by atoms with Crippen LogP contribution in [0.25, 0.3) is 0 Å². The van der Waals surface area contributed by atoms with Crippen LogP contribution in [-0.4, -0.2) is 36.9 Å². The molecule has 23 heavy (non-hydrogen) atoms. The van der Waals surface area contributed by atoms with E-state index >= 15 is 0 Å². The van der Waals surface area contributed by atoms with E-state index in [-0.39, 0.29) is 12.3 Å². The molecule has 1 amide bonds. The average molecular weight is 319 g/mol. The molecule has 0 unspecified atom stereocenters. The van der Waals surface area contributed by atoms with Crippen LogP contribution in [0.15, 0.2) is 24.3 Å². The second-order valence-electron chi connectivity index (χ2n) is 5.30. The molecule has 1 N–H and O–H groups in total.